The molecule has 6 nitrogen and oxygen atoms in total. The van der Waals surface area contributed by atoms with E-state index in [-0.39, 0.29) is 65.3 Å². The number of hydrogen-bond acceptors (Lipinski definition) is 5. The van der Waals surface area contributed by atoms with Gasteiger partial charge in [-0.1, -0.05) is 34.6 Å². The first-order chi connectivity index (χ1) is 17.9. The number of likely N-dealkylation sites (tertiary alicyclic amines) is 1. The molecule has 212 valence electrons. The van der Waals surface area contributed by atoms with Crippen LogP contribution in [0.5, 0.6) is 0 Å². The van der Waals surface area contributed by atoms with Crippen molar-refractivity contribution in [2.24, 2.45) is 76.4 Å². The monoisotopic (exact) mass is 527 g/mol. The highest BCUT2D eigenvalue weighted by molar-refractivity contribution is 6.05. The smallest absolute Gasteiger partial charge is 0.233 e. The van der Waals surface area contributed by atoms with Gasteiger partial charge in [-0.3, -0.25) is 24.1 Å². The van der Waals surface area contributed by atoms with Crippen LogP contribution in [0, 0.1) is 76.4 Å². The maximum Gasteiger partial charge on any atom is 0.233 e. The first kappa shape index (κ1) is 28.0. The van der Waals surface area contributed by atoms with Crippen LogP contribution in [0.4, 0.5) is 0 Å². The predicted octanol–water partition coefficient (Wildman–Crippen LogP) is 4.77. The number of rotatable bonds is 8. The van der Waals surface area contributed by atoms with Gasteiger partial charge in [0, 0.05) is 42.7 Å². The summed E-state index contributed by atoms with van der Waals surface area (Å²) < 4.78 is 0. The minimum atomic E-state index is -0.387. The lowest BCUT2D eigenvalue weighted by atomic mass is 9.47. The second-order valence-corrected chi connectivity index (χ2v) is 14.6. The Kier molecular flexibility index (Phi) is 7.46. The van der Waals surface area contributed by atoms with Crippen LogP contribution >= 0.6 is 0 Å². The van der Waals surface area contributed by atoms with Crippen molar-refractivity contribution in [2.45, 2.75) is 86.5 Å². The largest absolute Gasteiger partial charge is 0.396 e. The third-order valence-electron chi connectivity index (χ3n) is 11.9. The average molecular weight is 528 g/mol. The second-order valence-electron chi connectivity index (χ2n) is 14.6. The fourth-order valence-corrected chi connectivity index (χ4v) is 10.5. The summed E-state index contributed by atoms with van der Waals surface area (Å²) >= 11 is 0. The van der Waals surface area contributed by atoms with Crippen molar-refractivity contribution in [3.63, 3.8) is 0 Å². The molecular formula is C32H49NO5. The standard InChI is InChI=1S/C32H49NO5/c1-7-33-30(37)17(3)26(31(33)38)27-19-14-22(23(15-19)29(36)32(4,5)6)28(27)25-16(2)20-11-10-18(25)13-21(20)24(35)9-8-12-34/h16-23,25-28,34H,7-15H2,1-6H3. The highest BCUT2D eigenvalue weighted by atomic mass is 16.3. The van der Waals surface area contributed by atoms with Gasteiger partial charge < -0.3 is 5.11 Å². The van der Waals surface area contributed by atoms with E-state index in [1.54, 1.807) is 0 Å². The van der Waals surface area contributed by atoms with Gasteiger partial charge in [0.1, 0.15) is 11.6 Å². The maximum absolute atomic E-state index is 13.7. The number of amides is 2. The van der Waals surface area contributed by atoms with Crippen LogP contribution < -0.4 is 0 Å². The molecule has 12 atom stereocenters. The molecule has 1 aliphatic heterocycles. The first-order valence-corrected chi connectivity index (χ1v) is 15.4. The van der Waals surface area contributed by atoms with E-state index in [4.69, 9.17) is 0 Å². The lowest BCUT2D eigenvalue weighted by Crippen LogP contribution is -2.54. The Morgan fingerprint density at radius 2 is 1.58 bits per heavy atom. The number of ketones is 2. The molecule has 6 fully saturated rings. The topological polar surface area (TPSA) is 91.8 Å². The Morgan fingerprint density at radius 1 is 0.895 bits per heavy atom. The van der Waals surface area contributed by atoms with Crippen molar-refractivity contribution >= 4 is 23.4 Å². The summed E-state index contributed by atoms with van der Waals surface area (Å²) in [6.45, 7) is 12.7. The van der Waals surface area contributed by atoms with E-state index in [1.165, 1.54) is 4.90 Å². The van der Waals surface area contributed by atoms with Crippen LogP contribution in [0.1, 0.15) is 86.5 Å². The lowest BCUT2D eigenvalue weighted by Gasteiger charge is -2.57. The fourth-order valence-electron chi connectivity index (χ4n) is 10.5. The molecule has 5 saturated carbocycles. The van der Waals surface area contributed by atoms with E-state index in [0.717, 1.165) is 32.1 Å². The van der Waals surface area contributed by atoms with Gasteiger partial charge >= 0.3 is 0 Å². The van der Waals surface area contributed by atoms with E-state index in [0.29, 0.717) is 60.5 Å². The molecule has 1 heterocycles. The van der Waals surface area contributed by atoms with E-state index in [1.807, 2.05) is 34.6 Å². The molecule has 38 heavy (non-hydrogen) atoms. The molecule has 6 aliphatic rings. The zero-order valence-corrected chi connectivity index (χ0v) is 24.3. The summed E-state index contributed by atoms with van der Waals surface area (Å²) in [6, 6.07) is 0. The van der Waals surface area contributed by atoms with Crippen LogP contribution in [0.25, 0.3) is 0 Å². The van der Waals surface area contributed by atoms with Gasteiger partial charge in [0.2, 0.25) is 11.8 Å². The van der Waals surface area contributed by atoms with Crippen LogP contribution in [-0.4, -0.2) is 46.5 Å². The van der Waals surface area contributed by atoms with Crippen LogP contribution in [0.2, 0.25) is 0 Å². The molecule has 0 radical (unpaired) electrons. The first-order valence-electron chi connectivity index (χ1n) is 15.4. The molecule has 0 aromatic carbocycles. The van der Waals surface area contributed by atoms with E-state index >= 15 is 0 Å². The summed E-state index contributed by atoms with van der Waals surface area (Å²) in [5.74, 6) is 2.76. The van der Waals surface area contributed by atoms with Crippen molar-refractivity contribution in [1.29, 1.82) is 0 Å². The predicted molar refractivity (Wildman–Crippen MR) is 144 cm³/mol. The molecule has 2 amide bonds. The zero-order chi connectivity index (χ0) is 27.7. The highest BCUT2D eigenvalue weighted by Gasteiger charge is 2.65. The lowest BCUT2D eigenvalue weighted by molar-refractivity contribution is -0.145. The van der Waals surface area contributed by atoms with Gasteiger partial charge in [-0.25, -0.2) is 0 Å². The summed E-state index contributed by atoms with van der Waals surface area (Å²) in [6.07, 6.45) is 5.97. The molecule has 4 bridgehead atoms. The van der Waals surface area contributed by atoms with E-state index < -0.39 is 0 Å². The molecule has 1 N–H and O–H groups in total. The van der Waals surface area contributed by atoms with Crippen molar-refractivity contribution in [2.75, 3.05) is 13.2 Å². The van der Waals surface area contributed by atoms with Crippen molar-refractivity contribution in [3.05, 3.63) is 0 Å². The molecule has 0 spiro atoms. The number of aliphatic hydroxyl groups is 1. The molecule has 6 rings (SSSR count). The number of carbonyl (C=O) groups excluding carboxylic acids is 4. The number of nitrogens with zero attached hydrogens (tertiary/aromatic N) is 1. The van der Waals surface area contributed by atoms with Gasteiger partial charge in [-0.15, -0.1) is 0 Å². The molecule has 1 saturated heterocycles. The Morgan fingerprint density at radius 3 is 2.16 bits per heavy atom. The van der Waals surface area contributed by atoms with Gasteiger partial charge in [-0.05, 0) is 92.8 Å². The van der Waals surface area contributed by atoms with Crippen LogP contribution in [0.15, 0.2) is 0 Å². The molecule has 5 aliphatic carbocycles. The fraction of sp³-hybridized carbons (Fsp3) is 0.875. The van der Waals surface area contributed by atoms with Gasteiger partial charge in [0.25, 0.3) is 0 Å². The van der Waals surface area contributed by atoms with E-state index in [9.17, 15) is 24.3 Å². The average Bonchev–Trinajstić information content (AvgIpc) is 3.51. The Labute approximate surface area is 228 Å². The van der Waals surface area contributed by atoms with Gasteiger partial charge in [0.05, 0.1) is 5.92 Å². The number of carbonyl (C=O) groups is 4. The third-order valence-corrected chi connectivity index (χ3v) is 11.9. The highest BCUT2D eigenvalue weighted by Crippen LogP contribution is 2.67. The number of fused-ring (bicyclic) bond motifs is 5. The molecular weight excluding hydrogens is 478 g/mol. The number of Topliss-reactive ketones (excluding diaryl/α,β-unsaturated/α-hetero) is 2. The summed E-state index contributed by atoms with van der Waals surface area (Å²) in [4.78, 5) is 55.1. The summed E-state index contributed by atoms with van der Waals surface area (Å²) in [5.41, 5.74) is -0.387. The van der Waals surface area contributed by atoms with Crippen LogP contribution in [-0.2, 0) is 19.2 Å². The van der Waals surface area contributed by atoms with Crippen LogP contribution in [0.3, 0.4) is 0 Å². The Bertz CT molecular complexity index is 981. The minimum Gasteiger partial charge on any atom is -0.396 e. The molecule has 6 heteroatoms. The van der Waals surface area contributed by atoms with Gasteiger partial charge in [-0.2, -0.15) is 0 Å². The van der Waals surface area contributed by atoms with Gasteiger partial charge in [0.15, 0.2) is 0 Å². The molecule has 12 unspecified atom stereocenters. The summed E-state index contributed by atoms with van der Waals surface area (Å²) in [7, 11) is 0. The molecule has 0 aromatic heterocycles. The van der Waals surface area contributed by atoms with E-state index in [2.05, 4.69) is 6.92 Å². The Balaban J connectivity index is 1.49. The Hall–Kier alpha value is -1.56. The SMILES string of the molecule is CCN1C(=O)C(C)C(C2C3CC(C(=O)C(C)(C)C)C(C3)C2C2C3CCC(C(C(=O)CCCO)C3)C2C)C1=O. The third kappa shape index (κ3) is 4.23. The molecule has 0 aromatic rings. The van der Waals surface area contributed by atoms with Crippen molar-refractivity contribution in [1.82, 2.24) is 4.90 Å². The van der Waals surface area contributed by atoms with Crippen molar-refractivity contribution in [3.8, 4) is 0 Å². The number of imide groups is 1. The number of hydrogen-bond donors (Lipinski definition) is 1. The normalized spacial score (nSPS) is 44.3. The number of aliphatic hydroxyl groups excluding tert-OH is 1. The van der Waals surface area contributed by atoms with Crippen molar-refractivity contribution < 1.29 is 24.3 Å². The maximum atomic E-state index is 13.7. The summed E-state index contributed by atoms with van der Waals surface area (Å²) in [5, 5.41) is 9.27. The second kappa shape index (κ2) is 10.1. The zero-order valence-electron chi connectivity index (χ0n) is 24.3. The minimum absolute atomic E-state index is 0.0110. The quantitative estimate of drug-likeness (QED) is 0.459.